The summed E-state index contributed by atoms with van der Waals surface area (Å²) in [6.07, 6.45) is 5.94. The van der Waals surface area contributed by atoms with Gasteiger partial charge in [0.1, 0.15) is 5.78 Å². The molecule has 1 fully saturated rings. The van der Waals surface area contributed by atoms with Crippen molar-refractivity contribution in [1.82, 2.24) is 19.7 Å². The van der Waals surface area contributed by atoms with Gasteiger partial charge in [-0.2, -0.15) is 0 Å². The van der Waals surface area contributed by atoms with E-state index in [0.29, 0.717) is 22.4 Å². The summed E-state index contributed by atoms with van der Waals surface area (Å²) in [7, 11) is 0. The van der Waals surface area contributed by atoms with Gasteiger partial charge in [-0.25, -0.2) is 0 Å². The van der Waals surface area contributed by atoms with E-state index in [-0.39, 0.29) is 11.0 Å². The summed E-state index contributed by atoms with van der Waals surface area (Å²) in [5, 5.41) is 10.2. The van der Waals surface area contributed by atoms with Crippen LogP contribution in [0.5, 0.6) is 0 Å². The van der Waals surface area contributed by atoms with Crippen molar-refractivity contribution in [2.24, 2.45) is 0 Å². The lowest BCUT2D eigenvalue weighted by molar-refractivity contribution is -0.116. The minimum atomic E-state index is -0.0530. The third-order valence-electron chi connectivity index (χ3n) is 4.55. The molecule has 1 saturated carbocycles. The highest BCUT2D eigenvalue weighted by Crippen LogP contribution is 2.36. The zero-order valence-corrected chi connectivity index (χ0v) is 15.8. The van der Waals surface area contributed by atoms with E-state index in [1.54, 1.807) is 12.4 Å². The molecule has 26 heavy (non-hydrogen) atoms. The van der Waals surface area contributed by atoms with E-state index in [2.05, 4.69) is 15.2 Å². The Bertz CT molecular complexity index is 957. The number of hydrogen-bond donors (Lipinski definition) is 0. The van der Waals surface area contributed by atoms with Crippen molar-refractivity contribution in [2.45, 2.75) is 36.6 Å². The smallest absolute Gasteiger partial charge is 0.196 e. The van der Waals surface area contributed by atoms with Crippen LogP contribution in [0.2, 0.25) is 5.02 Å². The number of nitrogens with zero attached hydrogens (tertiary/aromatic N) is 4. The summed E-state index contributed by atoms with van der Waals surface area (Å²) in [6.45, 7) is 1.98. The molecule has 0 N–H and O–H groups in total. The number of rotatable bonds is 4. The molecule has 0 aliphatic heterocycles. The first kappa shape index (κ1) is 17.2. The molecule has 0 bridgehead atoms. The van der Waals surface area contributed by atoms with Gasteiger partial charge in [0, 0.05) is 29.4 Å². The standard InChI is InChI=1S/C19H17ClN4OS/c1-12-14(20)4-2-5-15(12)24-18(13-8-10-21-11-9-13)22-23-19(24)26-17-7-3-6-16(17)25/h2,4-5,8-11,17H,3,6-7H2,1H3/t17-/m1/s1. The lowest BCUT2D eigenvalue weighted by Crippen LogP contribution is -2.10. The first-order valence-electron chi connectivity index (χ1n) is 8.46. The summed E-state index contributed by atoms with van der Waals surface area (Å²) >= 11 is 7.84. The molecule has 4 rings (SSSR count). The maximum Gasteiger partial charge on any atom is 0.196 e. The third-order valence-corrected chi connectivity index (χ3v) is 6.22. The van der Waals surface area contributed by atoms with Gasteiger partial charge in [0.15, 0.2) is 11.0 Å². The van der Waals surface area contributed by atoms with Crippen LogP contribution in [-0.2, 0) is 4.79 Å². The highest BCUT2D eigenvalue weighted by atomic mass is 35.5. The van der Waals surface area contributed by atoms with Crippen LogP contribution in [0.25, 0.3) is 17.1 Å². The zero-order chi connectivity index (χ0) is 18.1. The lowest BCUT2D eigenvalue weighted by Gasteiger charge is -2.15. The molecular weight excluding hydrogens is 368 g/mol. The number of ketones is 1. The minimum Gasteiger partial charge on any atom is -0.298 e. The second kappa shape index (κ2) is 7.21. The Balaban J connectivity index is 1.86. The van der Waals surface area contributed by atoms with Gasteiger partial charge in [0.25, 0.3) is 0 Å². The Morgan fingerprint density at radius 1 is 1.19 bits per heavy atom. The Labute approximate surface area is 160 Å². The third kappa shape index (κ3) is 3.15. The van der Waals surface area contributed by atoms with E-state index in [1.165, 1.54) is 11.8 Å². The molecule has 3 aromatic rings. The van der Waals surface area contributed by atoms with Crippen molar-refractivity contribution in [2.75, 3.05) is 0 Å². The molecule has 2 heterocycles. The van der Waals surface area contributed by atoms with Crippen molar-refractivity contribution < 1.29 is 4.79 Å². The summed E-state index contributed by atoms with van der Waals surface area (Å²) in [6, 6.07) is 9.57. The van der Waals surface area contributed by atoms with Gasteiger partial charge >= 0.3 is 0 Å². The molecule has 0 spiro atoms. The average molecular weight is 385 g/mol. The van der Waals surface area contributed by atoms with Gasteiger partial charge in [0.05, 0.1) is 10.9 Å². The second-order valence-corrected chi connectivity index (χ2v) is 7.80. The summed E-state index contributed by atoms with van der Waals surface area (Å²) < 4.78 is 1.99. The first-order valence-corrected chi connectivity index (χ1v) is 9.71. The maximum absolute atomic E-state index is 12.1. The number of aromatic nitrogens is 4. The zero-order valence-electron chi connectivity index (χ0n) is 14.2. The number of carbonyl (C=O) groups excluding carboxylic acids is 1. The summed E-state index contributed by atoms with van der Waals surface area (Å²) in [5.74, 6) is 1.00. The van der Waals surface area contributed by atoms with Gasteiger partial charge in [-0.15, -0.1) is 10.2 Å². The van der Waals surface area contributed by atoms with Crippen LogP contribution in [0, 0.1) is 6.92 Å². The van der Waals surface area contributed by atoms with Crippen LogP contribution in [0.4, 0.5) is 0 Å². The number of halogens is 1. The summed E-state index contributed by atoms with van der Waals surface area (Å²) in [5.41, 5.74) is 2.78. The number of pyridine rings is 1. The van der Waals surface area contributed by atoms with Crippen LogP contribution in [0.1, 0.15) is 24.8 Å². The lowest BCUT2D eigenvalue weighted by atomic mass is 10.2. The van der Waals surface area contributed by atoms with Crippen LogP contribution < -0.4 is 0 Å². The van der Waals surface area contributed by atoms with E-state index in [4.69, 9.17) is 11.6 Å². The average Bonchev–Trinajstić information content (AvgIpc) is 3.25. The van der Waals surface area contributed by atoms with Gasteiger partial charge < -0.3 is 0 Å². The Hall–Kier alpha value is -2.18. The SMILES string of the molecule is Cc1c(Cl)cccc1-n1c(S[C@@H]2CCCC2=O)nnc1-c1ccncc1. The van der Waals surface area contributed by atoms with Crippen molar-refractivity contribution in [3.63, 3.8) is 0 Å². The van der Waals surface area contributed by atoms with Crippen molar-refractivity contribution >= 4 is 29.1 Å². The second-order valence-electron chi connectivity index (χ2n) is 6.23. The monoisotopic (exact) mass is 384 g/mol. The molecule has 0 amide bonds. The van der Waals surface area contributed by atoms with E-state index >= 15 is 0 Å². The highest BCUT2D eigenvalue weighted by Gasteiger charge is 2.29. The van der Waals surface area contributed by atoms with Gasteiger partial charge in [-0.1, -0.05) is 29.4 Å². The van der Waals surface area contributed by atoms with E-state index in [0.717, 1.165) is 29.7 Å². The van der Waals surface area contributed by atoms with E-state index in [1.807, 2.05) is 41.8 Å². The number of benzene rings is 1. The number of hydrogen-bond acceptors (Lipinski definition) is 5. The molecule has 7 heteroatoms. The van der Waals surface area contributed by atoms with Gasteiger partial charge in [-0.05, 0) is 49.6 Å². The van der Waals surface area contributed by atoms with Gasteiger partial charge in [-0.3, -0.25) is 14.3 Å². The molecule has 1 aliphatic rings. The molecule has 1 aliphatic carbocycles. The summed E-state index contributed by atoms with van der Waals surface area (Å²) in [4.78, 5) is 16.2. The molecule has 0 unspecified atom stereocenters. The molecule has 0 saturated heterocycles. The fourth-order valence-electron chi connectivity index (χ4n) is 3.13. The van der Waals surface area contributed by atoms with Crippen molar-refractivity contribution in [1.29, 1.82) is 0 Å². The maximum atomic E-state index is 12.1. The largest absolute Gasteiger partial charge is 0.298 e. The molecule has 1 atom stereocenters. The Morgan fingerprint density at radius 2 is 2.00 bits per heavy atom. The van der Waals surface area contributed by atoms with Gasteiger partial charge in [0.2, 0.25) is 0 Å². The Morgan fingerprint density at radius 3 is 2.73 bits per heavy atom. The molecule has 2 aromatic heterocycles. The van der Waals surface area contributed by atoms with E-state index in [9.17, 15) is 4.79 Å². The minimum absolute atomic E-state index is 0.0530. The quantitative estimate of drug-likeness (QED) is 0.662. The molecule has 0 radical (unpaired) electrons. The van der Waals surface area contributed by atoms with E-state index < -0.39 is 0 Å². The van der Waals surface area contributed by atoms with Crippen molar-refractivity contribution in [3.8, 4) is 17.1 Å². The van der Waals surface area contributed by atoms with Crippen LogP contribution in [-0.4, -0.2) is 30.8 Å². The number of Topliss-reactive ketones (excluding diaryl/α,β-unsaturated/α-hetero) is 1. The topological polar surface area (TPSA) is 60.7 Å². The number of thioether (sulfide) groups is 1. The fraction of sp³-hybridized carbons (Fsp3) is 0.263. The Kier molecular flexibility index (Phi) is 4.78. The molecule has 5 nitrogen and oxygen atoms in total. The first-order chi connectivity index (χ1) is 12.6. The number of carbonyl (C=O) groups is 1. The molecule has 132 valence electrons. The normalized spacial score (nSPS) is 17.0. The fourth-order valence-corrected chi connectivity index (χ4v) is 4.46. The predicted molar refractivity (Wildman–Crippen MR) is 103 cm³/mol. The van der Waals surface area contributed by atoms with Crippen LogP contribution in [0.3, 0.4) is 0 Å². The van der Waals surface area contributed by atoms with Crippen LogP contribution >= 0.6 is 23.4 Å². The molecule has 1 aromatic carbocycles. The molecular formula is C19H17ClN4OS. The van der Waals surface area contributed by atoms with Crippen LogP contribution in [0.15, 0.2) is 47.9 Å². The highest BCUT2D eigenvalue weighted by molar-refractivity contribution is 8.00. The predicted octanol–water partition coefficient (Wildman–Crippen LogP) is 4.50. The van der Waals surface area contributed by atoms with Crippen molar-refractivity contribution in [3.05, 3.63) is 53.3 Å².